The van der Waals surface area contributed by atoms with Gasteiger partial charge in [0.25, 0.3) is 15.9 Å². The number of sulfonamides is 1. The van der Waals surface area contributed by atoms with Crippen molar-refractivity contribution in [2.45, 2.75) is 11.0 Å². The Morgan fingerprint density at radius 3 is 2.47 bits per heavy atom. The minimum Gasteiger partial charge on any atom is -0.476 e. The van der Waals surface area contributed by atoms with Crippen molar-refractivity contribution >= 4 is 49.7 Å². The molecule has 1 amide bonds. The maximum absolute atomic E-state index is 13.4. The Kier molecular flexibility index (Phi) is 5.94. The molecule has 1 aromatic heterocycles. The number of hydrogen-bond donors (Lipinski definition) is 1. The molecule has 172 valence electrons. The fraction of sp³-hybridized carbons (Fsp3) is 0.0870. The largest absolute Gasteiger partial charge is 0.476 e. The zero-order chi connectivity index (χ0) is 23.7. The number of nitrogens with zero attached hydrogens (tertiary/aromatic N) is 3. The number of anilines is 2. The summed E-state index contributed by atoms with van der Waals surface area (Å²) in [6, 6.07) is 22.1. The third-order valence-electron chi connectivity index (χ3n) is 5.09. The van der Waals surface area contributed by atoms with Crippen LogP contribution in [0.1, 0.15) is 0 Å². The van der Waals surface area contributed by atoms with Crippen molar-refractivity contribution in [1.29, 1.82) is 0 Å². The van der Waals surface area contributed by atoms with Gasteiger partial charge in [0.05, 0.1) is 17.1 Å². The van der Waals surface area contributed by atoms with E-state index in [4.69, 9.17) is 16.3 Å². The zero-order valence-electron chi connectivity index (χ0n) is 17.5. The highest BCUT2D eigenvalue weighted by atomic mass is 35.5. The van der Waals surface area contributed by atoms with Gasteiger partial charge in [-0.3, -0.25) is 14.4 Å². The van der Waals surface area contributed by atoms with Crippen LogP contribution in [0.15, 0.2) is 83.8 Å². The van der Waals surface area contributed by atoms with Gasteiger partial charge in [-0.25, -0.2) is 8.42 Å². The smallest absolute Gasteiger partial charge is 0.269 e. The second-order valence-electron chi connectivity index (χ2n) is 7.34. The molecular weight excluding hydrogens is 496 g/mol. The van der Waals surface area contributed by atoms with Gasteiger partial charge >= 0.3 is 0 Å². The van der Waals surface area contributed by atoms with Crippen LogP contribution in [0.25, 0.3) is 10.6 Å². The number of aromatic nitrogens is 2. The van der Waals surface area contributed by atoms with Crippen molar-refractivity contribution in [3.05, 3.63) is 83.9 Å². The van der Waals surface area contributed by atoms with Crippen LogP contribution in [-0.2, 0) is 14.8 Å². The average molecular weight is 513 g/mol. The third-order valence-corrected chi connectivity index (χ3v) is 8.01. The summed E-state index contributed by atoms with van der Waals surface area (Å²) < 4.78 is 33.8. The fourth-order valence-electron chi connectivity index (χ4n) is 3.47. The van der Waals surface area contributed by atoms with Crippen LogP contribution in [0.3, 0.4) is 0 Å². The molecule has 2 heterocycles. The summed E-state index contributed by atoms with van der Waals surface area (Å²) in [5.41, 5.74) is 1.14. The van der Waals surface area contributed by atoms with E-state index in [0.29, 0.717) is 10.0 Å². The molecule has 0 saturated heterocycles. The maximum atomic E-state index is 13.4. The Labute approximate surface area is 204 Å². The number of carbonyl (C=O) groups excluding carboxylic acids is 1. The highest BCUT2D eigenvalue weighted by Gasteiger charge is 2.38. The van der Waals surface area contributed by atoms with Crippen molar-refractivity contribution in [2.24, 2.45) is 0 Å². The number of nitrogens with one attached hydrogen (secondary N) is 1. The molecule has 1 unspecified atom stereocenters. The molecule has 34 heavy (non-hydrogen) atoms. The quantitative estimate of drug-likeness (QED) is 0.424. The van der Waals surface area contributed by atoms with Gasteiger partial charge in [-0.05, 0) is 30.3 Å². The first kappa shape index (κ1) is 22.3. The van der Waals surface area contributed by atoms with E-state index in [9.17, 15) is 13.2 Å². The molecule has 1 atom stereocenters. The van der Waals surface area contributed by atoms with Crippen molar-refractivity contribution in [3.8, 4) is 16.3 Å². The number of fused-ring (bicyclic) bond motifs is 1. The predicted octanol–water partition coefficient (Wildman–Crippen LogP) is 4.45. The van der Waals surface area contributed by atoms with Gasteiger partial charge in [-0.2, -0.15) is 0 Å². The van der Waals surface area contributed by atoms with E-state index < -0.39 is 22.0 Å². The Hall–Kier alpha value is -3.47. The lowest BCUT2D eigenvalue weighted by molar-refractivity contribution is -0.122. The molecule has 0 bridgehead atoms. The number of carbonyl (C=O) groups is 1. The van der Waals surface area contributed by atoms with Crippen LogP contribution in [0, 0.1) is 0 Å². The summed E-state index contributed by atoms with van der Waals surface area (Å²) in [5, 5.41) is 12.1. The molecule has 3 aromatic carbocycles. The van der Waals surface area contributed by atoms with Gasteiger partial charge in [-0.1, -0.05) is 71.5 Å². The number of amides is 1. The number of hydrogen-bond acceptors (Lipinski definition) is 7. The second kappa shape index (κ2) is 9.05. The molecule has 0 spiro atoms. The minimum atomic E-state index is -3.97. The van der Waals surface area contributed by atoms with Gasteiger partial charge < -0.3 is 4.74 Å². The first-order valence-electron chi connectivity index (χ1n) is 10.2. The van der Waals surface area contributed by atoms with Crippen LogP contribution in [0.5, 0.6) is 5.75 Å². The number of halogens is 1. The van der Waals surface area contributed by atoms with E-state index >= 15 is 0 Å². The Morgan fingerprint density at radius 2 is 1.74 bits per heavy atom. The monoisotopic (exact) mass is 512 g/mol. The second-order valence-corrected chi connectivity index (χ2v) is 10.6. The molecule has 1 aliphatic rings. The molecule has 11 heteroatoms. The lowest BCUT2D eigenvalue weighted by atomic mass is 10.2. The van der Waals surface area contributed by atoms with Crippen molar-refractivity contribution < 1.29 is 17.9 Å². The van der Waals surface area contributed by atoms with Crippen LogP contribution >= 0.6 is 22.9 Å². The number of ether oxygens (including phenoxy) is 1. The topological polar surface area (TPSA) is 101 Å². The zero-order valence-corrected chi connectivity index (χ0v) is 19.8. The minimum absolute atomic E-state index is 0.0959. The van der Waals surface area contributed by atoms with E-state index in [1.54, 1.807) is 30.3 Å². The highest BCUT2D eigenvalue weighted by molar-refractivity contribution is 7.92. The van der Waals surface area contributed by atoms with Crippen LogP contribution in [0.2, 0.25) is 5.02 Å². The molecule has 8 nitrogen and oxygen atoms in total. The Balaban J connectivity index is 1.43. The van der Waals surface area contributed by atoms with Crippen molar-refractivity contribution in [3.63, 3.8) is 0 Å². The molecule has 4 aromatic rings. The summed E-state index contributed by atoms with van der Waals surface area (Å²) in [6.07, 6.45) is -1.11. The average Bonchev–Trinajstić information content (AvgIpc) is 3.33. The third kappa shape index (κ3) is 4.35. The number of benzene rings is 3. The first-order valence-corrected chi connectivity index (χ1v) is 12.8. The molecule has 0 aliphatic carbocycles. The van der Waals surface area contributed by atoms with E-state index in [0.717, 1.165) is 9.87 Å². The lowest BCUT2D eigenvalue weighted by Gasteiger charge is -2.34. The molecule has 0 radical (unpaired) electrons. The summed E-state index contributed by atoms with van der Waals surface area (Å²) in [4.78, 5) is 13.2. The van der Waals surface area contributed by atoms with Crippen molar-refractivity contribution in [2.75, 3.05) is 16.2 Å². The van der Waals surface area contributed by atoms with Gasteiger partial charge in [0, 0.05) is 10.6 Å². The van der Waals surface area contributed by atoms with Gasteiger partial charge in [0.2, 0.25) is 5.13 Å². The summed E-state index contributed by atoms with van der Waals surface area (Å²) in [5.74, 6) is -0.304. The van der Waals surface area contributed by atoms with Gasteiger partial charge in [0.15, 0.2) is 6.10 Å². The Morgan fingerprint density at radius 1 is 1.03 bits per heavy atom. The van der Waals surface area contributed by atoms with E-state index in [1.807, 2.05) is 30.3 Å². The maximum Gasteiger partial charge on any atom is 0.269 e. The van der Waals surface area contributed by atoms with Crippen LogP contribution < -0.4 is 14.4 Å². The van der Waals surface area contributed by atoms with Crippen LogP contribution in [-0.4, -0.2) is 37.2 Å². The first-order chi connectivity index (χ1) is 16.4. The fourth-order valence-corrected chi connectivity index (χ4v) is 5.87. The molecule has 0 fully saturated rings. The Bertz CT molecular complexity index is 1450. The van der Waals surface area contributed by atoms with Gasteiger partial charge in [-0.15, -0.1) is 10.2 Å². The summed E-state index contributed by atoms with van der Waals surface area (Å²) >= 11 is 7.34. The van der Waals surface area contributed by atoms with E-state index in [1.165, 1.54) is 29.5 Å². The van der Waals surface area contributed by atoms with Crippen LogP contribution in [0.4, 0.5) is 10.8 Å². The number of rotatable bonds is 5. The van der Waals surface area contributed by atoms with Gasteiger partial charge in [0.1, 0.15) is 10.8 Å². The lowest BCUT2D eigenvalue weighted by Crippen LogP contribution is -2.48. The molecule has 0 saturated carbocycles. The van der Waals surface area contributed by atoms with E-state index in [-0.39, 0.29) is 28.0 Å². The normalized spacial score (nSPS) is 15.3. The highest BCUT2D eigenvalue weighted by Crippen LogP contribution is 2.39. The summed E-state index contributed by atoms with van der Waals surface area (Å²) in [7, 11) is -3.97. The molecule has 1 aliphatic heterocycles. The standard InChI is InChI=1S/C23H17ClN4O4S2/c24-16-11-12-19-18(13-16)28(34(30,31)17-9-5-2-6-10-17)14-20(32-19)21(29)25-23-27-26-22(33-23)15-7-3-1-4-8-15/h1-13,20H,14H2,(H,25,27,29). The van der Waals surface area contributed by atoms with E-state index in [2.05, 4.69) is 15.5 Å². The summed E-state index contributed by atoms with van der Waals surface area (Å²) in [6.45, 7) is -0.235. The SMILES string of the molecule is O=C(Nc1nnc(-c2ccccc2)s1)C1CN(S(=O)(=O)c2ccccc2)c2cc(Cl)ccc2O1. The molecule has 5 rings (SSSR count). The predicted molar refractivity (Wildman–Crippen MR) is 131 cm³/mol. The van der Waals surface area contributed by atoms with Crippen molar-refractivity contribution in [1.82, 2.24) is 10.2 Å². The molecular formula is C23H17ClN4O4S2. The molecule has 1 N–H and O–H groups in total.